The van der Waals surface area contributed by atoms with E-state index >= 15 is 0 Å². The van der Waals surface area contributed by atoms with Crippen LogP contribution < -0.4 is 14.8 Å². The van der Waals surface area contributed by atoms with Gasteiger partial charge in [-0.2, -0.15) is 0 Å². The fourth-order valence-corrected chi connectivity index (χ4v) is 4.56. The highest BCUT2D eigenvalue weighted by molar-refractivity contribution is 6.36. The number of amides is 2. The number of carbonyl (C=O) groups is 2. The van der Waals surface area contributed by atoms with Gasteiger partial charge in [0.05, 0.1) is 7.11 Å². The van der Waals surface area contributed by atoms with Crippen molar-refractivity contribution in [1.82, 2.24) is 10.2 Å². The Morgan fingerprint density at radius 2 is 1.67 bits per heavy atom. The lowest BCUT2D eigenvalue weighted by molar-refractivity contribution is -0.143. The van der Waals surface area contributed by atoms with Crippen molar-refractivity contribution in [3.63, 3.8) is 0 Å². The second kappa shape index (κ2) is 12.1. The predicted octanol–water partition coefficient (Wildman–Crippen LogP) is 5.25. The molecule has 0 aliphatic heterocycles. The maximum absolute atomic E-state index is 13.3. The minimum atomic E-state index is -0.662. The number of hydrogen-bond acceptors (Lipinski definition) is 4. The summed E-state index contributed by atoms with van der Waals surface area (Å²) in [4.78, 5) is 28.0. The summed E-state index contributed by atoms with van der Waals surface area (Å²) in [7, 11) is 1.58. The van der Waals surface area contributed by atoms with E-state index in [-0.39, 0.29) is 31.0 Å². The summed E-state index contributed by atoms with van der Waals surface area (Å²) in [5.41, 5.74) is 0.603. The van der Waals surface area contributed by atoms with Gasteiger partial charge in [-0.25, -0.2) is 0 Å². The molecule has 1 fully saturated rings. The Hall–Kier alpha value is -2.44. The van der Waals surface area contributed by atoms with Crippen LogP contribution in [0.2, 0.25) is 10.0 Å². The molecule has 0 aromatic heterocycles. The molecule has 33 heavy (non-hydrogen) atoms. The van der Waals surface area contributed by atoms with Gasteiger partial charge in [0.25, 0.3) is 5.91 Å². The van der Waals surface area contributed by atoms with Gasteiger partial charge in [-0.1, -0.05) is 49.0 Å². The molecule has 8 heteroatoms. The Morgan fingerprint density at radius 1 is 1.06 bits per heavy atom. The Morgan fingerprint density at radius 3 is 2.24 bits per heavy atom. The average molecular weight is 493 g/mol. The third kappa shape index (κ3) is 6.78. The Kier molecular flexibility index (Phi) is 9.27. The van der Waals surface area contributed by atoms with E-state index in [2.05, 4.69) is 5.32 Å². The van der Waals surface area contributed by atoms with E-state index in [4.69, 9.17) is 32.7 Å². The van der Waals surface area contributed by atoms with Gasteiger partial charge >= 0.3 is 0 Å². The molecule has 1 unspecified atom stereocenters. The monoisotopic (exact) mass is 492 g/mol. The van der Waals surface area contributed by atoms with Crippen molar-refractivity contribution < 1.29 is 19.1 Å². The second-order valence-corrected chi connectivity index (χ2v) is 8.91. The lowest BCUT2D eigenvalue weighted by Crippen LogP contribution is -2.52. The summed E-state index contributed by atoms with van der Waals surface area (Å²) in [6.07, 6.45) is 4.60. The molecular weight excluding hydrogens is 463 g/mol. The first kappa shape index (κ1) is 25.2. The molecule has 1 saturated carbocycles. The second-order valence-electron chi connectivity index (χ2n) is 8.10. The lowest BCUT2D eigenvalue weighted by atomic mass is 10.1. The molecule has 3 rings (SSSR count). The van der Waals surface area contributed by atoms with Gasteiger partial charge in [-0.3, -0.25) is 9.59 Å². The standard InChI is InChI=1S/C25H30Cl2N2O4/c1-3-23(25(31)28-17-7-4-5-8-17)29(15-20-21(26)9-6-10-22(20)27)24(30)16-33-19-13-11-18(32-2)12-14-19/h6,9-14,17,23H,3-5,7-8,15-16H2,1-2H3,(H,28,31). The van der Waals surface area contributed by atoms with Crippen LogP contribution in [0.5, 0.6) is 11.5 Å². The zero-order valence-electron chi connectivity index (χ0n) is 19.0. The van der Waals surface area contributed by atoms with Crippen LogP contribution in [0.1, 0.15) is 44.6 Å². The fraction of sp³-hybridized carbons (Fsp3) is 0.440. The van der Waals surface area contributed by atoms with Gasteiger partial charge in [-0.05, 0) is 55.7 Å². The number of rotatable bonds is 10. The van der Waals surface area contributed by atoms with E-state index in [9.17, 15) is 9.59 Å². The topological polar surface area (TPSA) is 67.9 Å². The zero-order chi connectivity index (χ0) is 23.8. The number of nitrogens with one attached hydrogen (secondary N) is 1. The third-order valence-corrected chi connectivity index (χ3v) is 6.61. The van der Waals surface area contributed by atoms with Gasteiger partial charge in [0, 0.05) is 28.2 Å². The molecule has 1 N–H and O–H groups in total. The van der Waals surface area contributed by atoms with Crippen LogP contribution in [-0.2, 0) is 16.1 Å². The first-order valence-corrected chi connectivity index (χ1v) is 12.0. The minimum Gasteiger partial charge on any atom is -0.497 e. The van der Waals surface area contributed by atoms with Gasteiger partial charge in [0.15, 0.2) is 6.61 Å². The first-order valence-electron chi connectivity index (χ1n) is 11.2. The highest BCUT2D eigenvalue weighted by atomic mass is 35.5. The zero-order valence-corrected chi connectivity index (χ0v) is 20.5. The maximum atomic E-state index is 13.3. The first-order chi connectivity index (χ1) is 15.9. The molecule has 0 heterocycles. The highest BCUT2D eigenvalue weighted by Gasteiger charge is 2.31. The van der Waals surface area contributed by atoms with Crippen molar-refractivity contribution in [1.29, 1.82) is 0 Å². The number of nitrogens with zero attached hydrogens (tertiary/aromatic N) is 1. The van der Waals surface area contributed by atoms with Crippen LogP contribution in [0, 0.1) is 0 Å². The van der Waals surface area contributed by atoms with Crippen molar-refractivity contribution in [2.75, 3.05) is 13.7 Å². The molecule has 0 spiro atoms. The Balaban J connectivity index is 1.79. The molecule has 0 saturated heterocycles. The van der Waals surface area contributed by atoms with Gasteiger partial charge in [0.1, 0.15) is 17.5 Å². The van der Waals surface area contributed by atoms with Gasteiger partial charge in [0.2, 0.25) is 5.91 Å². The molecule has 2 amide bonds. The molecule has 0 bridgehead atoms. The fourth-order valence-electron chi connectivity index (χ4n) is 4.04. The van der Waals surface area contributed by atoms with E-state index in [0.717, 1.165) is 25.7 Å². The molecule has 6 nitrogen and oxygen atoms in total. The van der Waals surface area contributed by atoms with Crippen molar-refractivity contribution in [3.8, 4) is 11.5 Å². The number of benzene rings is 2. The molecule has 1 aliphatic rings. The number of halogens is 2. The van der Waals surface area contributed by atoms with Crippen LogP contribution in [0.15, 0.2) is 42.5 Å². The minimum absolute atomic E-state index is 0.111. The van der Waals surface area contributed by atoms with E-state index < -0.39 is 6.04 Å². The molecule has 1 atom stereocenters. The predicted molar refractivity (Wildman–Crippen MR) is 130 cm³/mol. The molecule has 2 aromatic carbocycles. The van der Waals surface area contributed by atoms with E-state index in [1.165, 1.54) is 4.90 Å². The number of methoxy groups -OCH3 is 1. The maximum Gasteiger partial charge on any atom is 0.261 e. The average Bonchev–Trinajstić information content (AvgIpc) is 3.32. The van der Waals surface area contributed by atoms with E-state index in [1.54, 1.807) is 49.6 Å². The van der Waals surface area contributed by atoms with Crippen LogP contribution in [-0.4, -0.2) is 42.5 Å². The summed E-state index contributed by atoms with van der Waals surface area (Å²) in [6.45, 7) is 1.78. The molecular formula is C25H30Cl2N2O4. The summed E-state index contributed by atoms with van der Waals surface area (Å²) in [5.74, 6) is 0.738. The smallest absolute Gasteiger partial charge is 0.261 e. The number of carbonyl (C=O) groups excluding carboxylic acids is 2. The lowest BCUT2D eigenvalue weighted by Gasteiger charge is -2.32. The Labute approximate surface area is 205 Å². The normalized spacial score (nSPS) is 14.5. The molecule has 2 aromatic rings. The molecule has 1 aliphatic carbocycles. The molecule has 0 radical (unpaired) electrons. The summed E-state index contributed by atoms with van der Waals surface area (Å²) >= 11 is 12.8. The number of ether oxygens (including phenoxy) is 2. The van der Waals surface area contributed by atoms with E-state index in [0.29, 0.717) is 33.5 Å². The van der Waals surface area contributed by atoms with Gasteiger partial charge < -0.3 is 19.7 Å². The van der Waals surface area contributed by atoms with Crippen LogP contribution in [0.25, 0.3) is 0 Å². The highest BCUT2D eigenvalue weighted by Crippen LogP contribution is 2.27. The van der Waals surface area contributed by atoms with Crippen LogP contribution >= 0.6 is 23.2 Å². The van der Waals surface area contributed by atoms with Crippen LogP contribution in [0.4, 0.5) is 0 Å². The van der Waals surface area contributed by atoms with Crippen molar-refractivity contribution in [2.24, 2.45) is 0 Å². The quantitative estimate of drug-likeness (QED) is 0.491. The largest absolute Gasteiger partial charge is 0.497 e. The van der Waals surface area contributed by atoms with Crippen LogP contribution in [0.3, 0.4) is 0 Å². The number of hydrogen-bond donors (Lipinski definition) is 1. The Bertz CT molecular complexity index is 926. The SMILES string of the molecule is CCC(C(=O)NC1CCCC1)N(Cc1c(Cl)cccc1Cl)C(=O)COc1ccc(OC)cc1. The summed E-state index contributed by atoms with van der Waals surface area (Å²) in [5, 5.41) is 4.01. The van der Waals surface area contributed by atoms with Crippen molar-refractivity contribution in [2.45, 2.75) is 57.7 Å². The summed E-state index contributed by atoms with van der Waals surface area (Å²) in [6, 6.07) is 11.6. The van der Waals surface area contributed by atoms with Crippen molar-refractivity contribution >= 4 is 35.0 Å². The van der Waals surface area contributed by atoms with Gasteiger partial charge in [-0.15, -0.1) is 0 Å². The molecule has 178 valence electrons. The van der Waals surface area contributed by atoms with Crippen molar-refractivity contribution in [3.05, 3.63) is 58.1 Å². The summed E-state index contributed by atoms with van der Waals surface area (Å²) < 4.78 is 10.9. The van der Waals surface area contributed by atoms with E-state index in [1.807, 2.05) is 6.92 Å². The third-order valence-electron chi connectivity index (χ3n) is 5.90.